The topological polar surface area (TPSA) is 12.0 Å². The first-order valence-electron chi connectivity index (χ1n) is 7.32. The lowest BCUT2D eigenvalue weighted by Crippen LogP contribution is -2.20. The lowest BCUT2D eigenvalue weighted by Gasteiger charge is -2.14. The van der Waals surface area contributed by atoms with Gasteiger partial charge in [0.25, 0.3) is 0 Å². The monoisotopic (exact) mass is 341 g/mol. The highest BCUT2D eigenvalue weighted by Gasteiger charge is 2.22. The van der Waals surface area contributed by atoms with Gasteiger partial charge in [0.15, 0.2) is 0 Å². The normalized spacial score (nSPS) is 17.7. The highest BCUT2D eigenvalue weighted by Crippen LogP contribution is 2.35. The second-order valence-electron chi connectivity index (χ2n) is 5.26. The van der Waals surface area contributed by atoms with Crippen LogP contribution in [-0.4, -0.2) is 18.6 Å². The number of fused-ring (bicyclic) bond motifs is 1. The van der Waals surface area contributed by atoms with Crippen molar-refractivity contribution in [3.63, 3.8) is 0 Å². The zero-order chi connectivity index (χ0) is 13.5. The Labute approximate surface area is 130 Å². The largest absolute Gasteiger partial charge is 0.310 e. The van der Waals surface area contributed by atoms with Crippen molar-refractivity contribution in [3.05, 3.63) is 33.8 Å². The minimum atomic E-state index is 0.582. The van der Waals surface area contributed by atoms with Crippen molar-refractivity contribution in [2.24, 2.45) is 0 Å². The molecule has 0 radical (unpaired) electrons. The van der Waals surface area contributed by atoms with E-state index >= 15 is 0 Å². The molecule has 1 aliphatic rings. The fourth-order valence-electron chi connectivity index (χ4n) is 2.82. The van der Waals surface area contributed by atoms with Gasteiger partial charge in [0.05, 0.1) is 0 Å². The Balaban J connectivity index is 1.67. The third-order valence-electron chi connectivity index (χ3n) is 3.88. The minimum absolute atomic E-state index is 0.582. The molecular formula is C16H24BrNS. The number of hydrogen-bond donors (Lipinski definition) is 1. The van der Waals surface area contributed by atoms with Crippen LogP contribution < -0.4 is 5.32 Å². The molecule has 0 bridgehead atoms. The maximum absolute atomic E-state index is 3.73. The third-order valence-corrected chi connectivity index (χ3v) is 5.32. The summed E-state index contributed by atoms with van der Waals surface area (Å²) in [6.07, 6.45) is 10.1. The smallest absolute Gasteiger partial charge is 0.0326 e. The Kier molecular flexibility index (Phi) is 6.75. The van der Waals surface area contributed by atoms with Crippen LogP contribution in [0.4, 0.5) is 0 Å². The first-order valence-corrected chi connectivity index (χ1v) is 9.51. The maximum Gasteiger partial charge on any atom is 0.0326 e. The molecule has 1 atom stereocenters. The molecular weight excluding hydrogens is 318 g/mol. The molecule has 0 amide bonds. The maximum atomic E-state index is 3.73. The first-order chi connectivity index (χ1) is 9.33. The summed E-state index contributed by atoms with van der Waals surface area (Å²) in [4.78, 5) is 0. The Hall–Kier alpha value is 0.0100. The van der Waals surface area contributed by atoms with Crippen molar-refractivity contribution in [1.29, 1.82) is 0 Å². The van der Waals surface area contributed by atoms with Crippen molar-refractivity contribution in [2.45, 2.75) is 44.6 Å². The second kappa shape index (κ2) is 8.33. The molecule has 0 spiro atoms. The van der Waals surface area contributed by atoms with Gasteiger partial charge in [0.1, 0.15) is 0 Å². The van der Waals surface area contributed by atoms with Gasteiger partial charge in [-0.2, -0.15) is 11.8 Å². The van der Waals surface area contributed by atoms with Gasteiger partial charge in [-0.05, 0) is 61.4 Å². The number of halogens is 1. The van der Waals surface area contributed by atoms with Gasteiger partial charge in [-0.25, -0.2) is 0 Å². The molecule has 0 fully saturated rings. The summed E-state index contributed by atoms with van der Waals surface area (Å²) in [6.45, 7) is 1.16. The van der Waals surface area contributed by atoms with E-state index in [4.69, 9.17) is 0 Å². The van der Waals surface area contributed by atoms with Crippen LogP contribution in [0.15, 0.2) is 22.7 Å². The molecule has 1 aliphatic carbocycles. The summed E-state index contributed by atoms with van der Waals surface area (Å²) >= 11 is 5.62. The van der Waals surface area contributed by atoms with Crippen LogP contribution in [0.2, 0.25) is 0 Å². The van der Waals surface area contributed by atoms with Gasteiger partial charge < -0.3 is 5.32 Å². The quantitative estimate of drug-likeness (QED) is 0.671. The summed E-state index contributed by atoms with van der Waals surface area (Å²) in [5.41, 5.74) is 3.02. The third kappa shape index (κ3) is 4.51. The summed E-state index contributed by atoms with van der Waals surface area (Å²) in [5.74, 6) is 1.32. The zero-order valence-electron chi connectivity index (χ0n) is 11.8. The van der Waals surface area contributed by atoms with E-state index < -0.39 is 0 Å². The fourth-order valence-corrected chi connectivity index (χ4v) is 3.90. The molecule has 106 valence electrons. The molecule has 0 aliphatic heterocycles. The molecule has 1 N–H and O–H groups in total. The summed E-state index contributed by atoms with van der Waals surface area (Å²) in [6, 6.07) is 7.18. The van der Waals surface area contributed by atoms with Crippen LogP contribution in [0, 0.1) is 0 Å². The SMILES string of the molecule is CSCCCCCCNC1CCc2c(Br)cccc21. The van der Waals surface area contributed by atoms with E-state index in [0.29, 0.717) is 6.04 Å². The van der Waals surface area contributed by atoms with Crippen LogP contribution in [0.1, 0.15) is 49.3 Å². The van der Waals surface area contributed by atoms with E-state index in [0.717, 1.165) is 6.54 Å². The van der Waals surface area contributed by atoms with Gasteiger partial charge in [-0.15, -0.1) is 0 Å². The number of hydrogen-bond acceptors (Lipinski definition) is 2. The van der Waals surface area contributed by atoms with E-state index in [1.54, 1.807) is 0 Å². The number of nitrogens with one attached hydrogen (secondary N) is 1. The van der Waals surface area contributed by atoms with E-state index in [2.05, 4.69) is 45.7 Å². The first kappa shape index (κ1) is 15.4. The van der Waals surface area contributed by atoms with Crippen LogP contribution in [-0.2, 0) is 6.42 Å². The number of rotatable bonds is 8. The summed E-state index contributed by atoms with van der Waals surface area (Å²) in [5, 5.41) is 3.73. The molecule has 1 aromatic rings. The number of benzene rings is 1. The highest BCUT2D eigenvalue weighted by atomic mass is 79.9. The van der Waals surface area contributed by atoms with E-state index in [1.807, 2.05) is 11.8 Å². The lowest BCUT2D eigenvalue weighted by molar-refractivity contribution is 0.506. The van der Waals surface area contributed by atoms with Crippen molar-refractivity contribution in [2.75, 3.05) is 18.6 Å². The highest BCUT2D eigenvalue weighted by molar-refractivity contribution is 9.10. The van der Waals surface area contributed by atoms with E-state index in [-0.39, 0.29) is 0 Å². The Bertz CT molecular complexity index is 394. The van der Waals surface area contributed by atoms with Crippen molar-refractivity contribution >= 4 is 27.7 Å². The Morgan fingerprint density at radius 2 is 2.11 bits per heavy atom. The van der Waals surface area contributed by atoms with Gasteiger partial charge in [-0.1, -0.05) is 40.9 Å². The summed E-state index contributed by atoms with van der Waals surface area (Å²) in [7, 11) is 0. The van der Waals surface area contributed by atoms with Crippen LogP contribution in [0.25, 0.3) is 0 Å². The van der Waals surface area contributed by atoms with Gasteiger partial charge in [0, 0.05) is 10.5 Å². The second-order valence-corrected chi connectivity index (χ2v) is 7.10. The molecule has 0 aromatic heterocycles. The van der Waals surface area contributed by atoms with E-state index in [1.165, 1.54) is 59.9 Å². The van der Waals surface area contributed by atoms with Crippen LogP contribution in [0.5, 0.6) is 0 Å². The molecule has 2 rings (SSSR count). The van der Waals surface area contributed by atoms with Crippen molar-refractivity contribution < 1.29 is 0 Å². The van der Waals surface area contributed by atoms with Gasteiger partial charge in [0.2, 0.25) is 0 Å². The van der Waals surface area contributed by atoms with Crippen LogP contribution >= 0.6 is 27.7 Å². The van der Waals surface area contributed by atoms with E-state index in [9.17, 15) is 0 Å². The van der Waals surface area contributed by atoms with Crippen LogP contribution in [0.3, 0.4) is 0 Å². The molecule has 0 heterocycles. The standard InChI is InChI=1S/C16H24BrNS/c1-19-12-5-3-2-4-11-18-16-10-9-13-14(16)7-6-8-15(13)17/h6-8,16,18H,2-5,9-12H2,1H3. The molecule has 3 heteroatoms. The van der Waals surface area contributed by atoms with Gasteiger partial charge >= 0.3 is 0 Å². The minimum Gasteiger partial charge on any atom is -0.310 e. The van der Waals surface area contributed by atoms with Crippen molar-refractivity contribution in [3.8, 4) is 0 Å². The Morgan fingerprint density at radius 3 is 2.95 bits per heavy atom. The molecule has 1 nitrogen and oxygen atoms in total. The van der Waals surface area contributed by atoms with Gasteiger partial charge in [-0.3, -0.25) is 0 Å². The average Bonchev–Trinajstić information content (AvgIpc) is 2.83. The zero-order valence-corrected chi connectivity index (χ0v) is 14.2. The Morgan fingerprint density at radius 1 is 1.26 bits per heavy atom. The molecule has 1 unspecified atom stereocenters. The summed E-state index contributed by atoms with van der Waals surface area (Å²) < 4.78 is 1.28. The molecule has 0 saturated heterocycles. The lowest BCUT2D eigenvalue weighted by atomic mass is 10.1. The molecule has 1 aromatic carbocycles. The predicted octanol–water partition coefficient (Wildman–Crippen LogP) is 4.95. The molecule has 19 heavy (non-hydrogen) atoms. The number of thioether (sulfide) groups is 1. The fraction of sp³-hybridized carbons (Fsp3) is 0.625. The average molecular weight is 342 g/mol. The predicted molar refractivity (Wildman–Crippen MR) is 90.1 cm³/mol. The van der Waals surface area contributed by atoms with Crippen molar-refractivity contribution in [1.82, 2.24) is 5.32 Å². The number of unbranched alkanes of at least 4 members (excludes halogenated alkanes) is 3. The molecule has 0 saturated carbocycles.